The monoisotopic (exact) mass is 762 g/mol. The first-order chi connectivity index (χ1) is 26.1. The Balaban J connectivity index is 1.73. The van der Waals surface area contributed by atoms with Crippen LogP contribution in [-0.2, 0) is 47.7 Å². The molecule has 0 radical (unpaired) electrons. The number of aliphatic hydroxyl groups excluding tert-OH is 1. The van der Waals surface area contributed by atoms with Gasteiger partial charge in [-0.2, -0.15) is 0 Å². The average Bonchev–Trinajstić information content (AvgIpc) is 3.12. The maximum absolute atomic E-state index is 13.0. The number of hydrogen-bond donors (Lipinski definition) is 1. The summed E-state index contributed by atoms with van der Waals surface area (Å²) < 4.78 is 27.2. The molecule has 1 atom stereocenters. The standard InChI is InChI=1S/C43H70O11/c1-4-6-8-10-12-14-20-26-50-37(45)22-16-18-24-39(47)52-32-42(31-44,34-54-41(49)35(3)43-28-36(29-43)30-43)33-53-40(48)25-19-17-23-38(46)51-27-21-15-13-11-9-7-5-2/h12-15,35-36,44H,4-11,16-34H2,1-3H3/b14-12-,15-13-. The van der Waals surface area contributed by atoms with Crippen molar-refractivity contribution in [2.75, 3.05) is 39.6 Å². The Morgan fingerprint density at radius 1 is 0.593 bits per heavy atom. The van der Waals surface area contributed by atoms with Crippen molar-refractivity contribution in [1.82, 2.24) is 0 Å². The quantitative estimate of drug-likeness (QED) is 0.0298. The fourth-order valence-corrected chi connectivity index (χ4v) is 6.75. The molecule has 0 amide bonds. The van der Waals surface area contributed by atoms with Crippen LogP contribution in [0.3, 0.4) is 0 Å². The summed E-state index contributed by atoms with van der Waals surface area (Å²) in [5, 5.41) is 10.5. The minimum atomic E-state index is -1.34. The van der Waals surface area contributed by atoms with Crippen molar-refractivity contribution >= 4 is 29.8 Å². The molecule has 0 aliphatic heterocycles. The number of allylic oxidation sites excluding steroid dienone is 2. The highest BCUT2D eigenvalue weighted by Crippen LogP contribution is 2.68. The maximum Gasteiger partial charge on any atom is 0.309 e. The van der Waals surface area contributed by atoms with E-state index in [2.05, 4.69) is 26.0 Å². The third-order valence-corrected chi connectivity index (χ3v) is 10.7. The van der Waals surface area contributed by atoms with E-state index < -0.39 is 24.0 Å². The second-order valence-corrected chi connectivity index (χ2v) is 15.5. The summed E-state index contributed by atoms with van der Waals surface area (Å²) in [6, 6.07) is 0. The van der Waals surface area contributed by atoms with Crippen LogP contribution in [0.5, 0.6) is 0 Å². The molecule has 3 aliphatic rings. The van der Waals surface area contributed by atoms with E-state index in [0.717, 1.165) is 44.9 Å². The zero-order valence-corrected chi connectivity index (χ0v) is 33.6. The number of ether oxygens (including phenoxy) is 5. The zero-order chi connectivity index (χ0) is 39.5. The van der Waals surface area contributed by atoms with Gasteiger partial charge in [-0.05, 0) is 94.8 Å². The lowest BCUT2D eigenvalue weighted by molar-refractivity contribution is -0.189. The van der Waals surface area contributed by atoms with Crippen LogP contribution in [0.4, 0.5) is 0 Å². The highest BCUT2D eigenvalue weighted by atomic mass is 16.6. The minimum Gasteiger partial charge on any atom is -0.465 e. The van der Waals surface area contributed by atoms with Crippen LogP contribution in [0.15, 0.2) is 24.3 Å². The van der Waals surface area contributed by atoms with Gasteiger partial charge in [-0.25, -0.2) is 0 Å². The third kappa shape index (κ3) is 18.9. The molecule has 0 saturated heterocycles. The summed E-state index contributed by atoms with van der Waals surface area (Å²) in [5.74, 6) is -1.67. The molecule has 1 unspecified atom stereocenters. The molecule has 3 rings (SSSR count). The zero-order valence-electron chi connectivity index (χ0n) is 33.6. The molecule has 3 fully saturated rings. The van der Waals surface area contributed by atoms with Gasteiger partial charge in [-0.1, -0.05) is 70.8 Å². The van der Waals surface area contributed by atoms with Gasteiger partial charge in [0.2, 0.25) is 0 Å². The second-order valence-electron chi connectivity index (χ2n) is 15.5. The molecule has 0 aromatic heterocycles. The number of esters is 5. The lowest BCUT2D eigenvalue weighted by Gasteiger charge is -2.64. The highest BCUT2D eigenvalue weighted by molar-refractivity contribution is 5.74. The van der Waals surface area contributed by atoms with Gasteiger partial charge in [0, 0.05) is 25.7 Å². The molecule has 0 aromatic rings. The van der Waals surface area contributed by atoms with Crippen LogP contribution in [0.1, 0.15) is 156 Å². The van der Waals surface area contributed by atoms with Crippen molar-refractivity contribution in [1.29, 1.82) is 0 Å². The summed E-state index contributed by atoms with van der Waals surface area (Å²) in [5.41, 5.74) is -1.35. The second kappa shape index (κ2) is 27.4. The molecule has 1 N–H and O–H groups in total. The van der Waals surface area contributed by atoms with Gasteiger partial charge in [0.25, 0.3) is 0 Å². The summed E-state index contributed by atoms with van der Waals surface area (Å²) >= 11 is 0. The molecule has 3 saturated carbocycles. The SMILES string of the molecule is CCCCC/C=C\CCOC(=O)CCCCC(=O)OCC(CO)(COC(=O)CCCCC(=O)OCC/C=C\CCCCC)COC(=O)C(C)C12CC(C1)C2. The van der Waals surface area contributed by atoms with E-state index in [1.807, 2.05) is 19.1 Å². The number of carbonyl (C=O) groups excluding carboxylic acids is 5. The number of carbonyl (C=O) groups is 5. The van der Waals surface area contributed by atoms with Crippen molar-refractivity contribution in [2.24, 2.45) is 22.7 Å². The van der Waals surface area contributed by atoms with Crippen LogP contribution >= 0.6 is 0 Å². The Kier molecular flexibility index (Phi) is 23.8. The number of rotatable bonds is 33. The first kappa shape index (κ1) is 46.9. The van der Waals surface area contributed by atoms with Crippen LogP contribution in [-0.4, -0.2) is 74.6 Å². The van der Waals surface area contributed by atoms with Gasteiger partial charge in [0.15, 0.2) is 0 Å². The third-order valence-electron chi connectivity index (χ3n) is 10.7. The number of aliphatic hydroxyl groups is 1. The Bertz CT molecular complexity index is 1100. The van der Waals surface area contributed by atoms with Crippen molar-refractivity contribution < 1.29 is 52.8 Å². The molecular weight excluding hydrogens is 692 g/mol. The first-order valence-corrected chi connectivity index (χ1v) is 20.8. The number of hydrogen-bond acceptors (Lipinski definition) is 11. The molecule has 2 bridgehead atoms. The molecule has 3 aliphatic carbocycles. The van der Waals surface area contributed by atoms with E-state index in [4.69, 9.17) is 23.7 Å². The van der Waals surface area contributed by atoms with E-state index >= 15 is 0 Å². The van der Waals surface area contributed by atoms with Crippen LogP contribution in [0.2, 0.25) is 0 Å². The topological polar surface area (TPSA) is 152 Å². The molecule has 11 heteroatoms. The summed E-state index contributed by atoms with van der Waals surface area (Å²) in [6.45, 7) is 5.38. The Morgan fingerprint density at radius 2 is 0.981 bits per heavy atom. The summed E-state index contributed by atoms with van der Waals surface area (Å²) in [6.07, 6.45) is 24.1. The Labute approximate surface area is 324 Å². The van der Waals surface area contributed by atoms with E-state index in [-0.39, 0.29) is 74.7 Å². The maximum atomic E-state index is 13.0. The fourth-order valence-electron chi connectivity index (χ4n) is 6.75. The first-order valence-electron chi connectivity index (χ1n) is 20.8. The van der Waals surface area contributed by atoms with Crippen LogP contribution < -0.4 is 0 Å². The van der Waals surface area contributed by atoms with Crippen molar-refractivity contribution in [3.63, 3.8) is 0 Å². The van der Waals surface area contributed by atoms with Gasteiger partial charge in [-0.15, -0.1) is 0 Å². The largest absolute Gasteiger partial charge is 0.465 e. The Morgan fingerprint density at radius 3 is 1.35 bits per heavy atom. The molecule has 308 valence electrons. The Hall–Kier alpha value is -3.21. The molecule has 11 nitrogen and oxygen atoms in total. The number of unbranched alkanes of at least 4 members (excludes halogenated alkanes) is 8. The lowest BCUT2D eigenvalue weighted by Crippen LogP contribution is -2.57. The predicted octanol–water partition coefficient (Wildman–Crippen LogP) is 8.29. The molecule has 0 spiro atoms. The van der Waals surface area contributed by atoms with E-state index in [1.165, 1.54) is 25.7 Å². The van der Waals surface area contributed by atoms with E-state index in [1.54, 1.807) is 0 Å². The summed E-state index contributed by atoms with van der Waals surface area (Å²) in [4.78, 5) is 62.4. The molecule has 54 heavy (non-hydrogen) atoms. The van der Waals surface area contributed by atoms with Gasteiger partial charge >= 0.3 is 29.8 Å². The van der Waals surface area contributed by atoms with Crippen molar-refractivity contribution in [3.8, 4) is 0 Å². The van der Waals surface area contributed by atoms with Gasteiger partial charge in [-0.3, -0.25) is 24.0 Å². The fraction of sp³-hybridized carbons (Fsp3) is 0.791. The highest BCUT2D eigenvalue weighted by Gasteiger charge is 2.61. The average molecular weight is 763 g/mol. The molecule has 0 aromatic carbocycles. The van der Waals surface area contributed by atoms with Gasteiger partial charge in [0.1, 0.15) is 19.8 Å². The van der Waals surface area contributed by atoms with E-state index in [0.29, 0.717) is 57.7 Å². The van der Waals surface area contributed by atoms with Crippen LogP contribution in [0, 0.1) is 22.7 Å². The smallest absolute Gasteiger partial charge is 0.309 e. The minimum absolute atomic E-state index is 0.00271. The van der Waals surface area contributed by atoms with Gasteiger partial charge in [0.05, 0.1) is 31.2 Å². The predicted molar refractivity (Wildman–Crippen MR) is 206 cm³/mol. The van der Waals surface area contributed by atoms with Crippen molar-refractivity contribution in [2.45, 2.75) is 156 Å². The lowest BCUT2D eigenvalue weighted by atomic mass is 9.40. The van der Waals surface area contributed by atoms with E-state index in [9.17, 15) is 29.1 Å². The van der Waals surface area contributed by atoms with Crippen molar-refractivity contribution in [3.05, 3.63) is 24.3 Å². The normalized spacial score (nSPS) is 18.1. The molecule has 0 heterocycles. The molecular formula is C43H70O11. The summed E-state index contributed by atoms with van der Waals surface area (Å²) in [7, 11) is 0. The van der Waals surface area contributed by atoms with Crippen LogP contribution in [0.25, 0.3) is 0 Å². The van der Waals surface area contributed by atoms with Gasteiger partial charge < -0.3 is 28.8 Å².